The molecule has 0 saturated carbocycles. The average Bonchev–Trinajstić information content (AvgIpc) is 2.72. The van der Waals surface area contributed by atoms with Gasteiger partial charge in [-0.25, -0.2) is 0 Å². The number of rotatable bonds is 6. The van der Waals surface area contributed by atoms with Gasteiger partial charge in [-0.15, -0.1) is 0 Å². The van der Waals surface area contributed by atoms with Crippen LogP contribution in [-0.4, -0.2) is 49.4 Å². The van der Waals surface area contributed by atoms with Gasteiger partial charge in [-0.05, 0) is 48.6 Å². The van der Waals surface area contributed by atoms with Crippen LogP contribution in [0.2, 0.25) is 0 Å². The van der Waals surface area contributed by atoms with E-state index in [4.69, 9.17) is 14.9 Å². The van der Waals surface area contributed by atoms with Crippen LogP contribution in [0.5, 0.6) is 5.75 Å². The minimum atomic E-state index is -1.19. The van der Waals surface area contributed by atoms with E-state index in [-0.39, 0.29) is 6.29 Å². The summed E-state index contributed by atoms with van der Waals surface area (Å²) in [7, 11) is 2.16. The first-order chi connectivity index (χ1) is 12.6. The number of carbonyl (C=O) groups is 1. The molecule has 0 spiro atoms. The number of aliphatic hydroxyl groups excluding tert-OH is 2. The first-order valence-electron chi connectivity index (χ1n) is 8.89. The topological polar surface area (TPSA) is 70.0 Å². The molecule has 5 nitrogen and oxygen atoms in total. The molecule has 0 aromatic heterocycles. The van der Waals surface area contributed by atoms with Gasteiger partial charge >= 0.3 is 0 Å². The molecule has 0 fully saturated rings. The molecule has 1 atom stereocenters. The quantitative estimate of drug-likeness (QED) is 0.776. The fourth-order valence-corrected chi connectivity index (χ4v) is 2.70. The third-order valence-corrected chi connectivity index (χ3v) is 4.26. The molecule has 0 radical (unpaired) electrons. The number of hydrogen-bond donors (Lipinski definition) is 2. The Labute approximate surface area is 154 Å². The van der Waals surface area contributed by atoms with Crippen molar-refractivity contribution in [1.29, 1.82) is 0 Å². The zero-order valence-electron chi connectivity index (χ0n) is 15.2. The summed E-state index contributed by atoms with van der Waals surface area (Å²) in [5.74, 6) is 1.07. The molecule has 0 saturated heterocycles. The van der Waals surface area contributed by atoms with Gasteiger partial charge in [0.2, 0.25) is 0 Å². The molecule has 0 bridgehead atoms. The fourth-order valence-electron chi connectivity index (χ4n) is 2.70. The largest absolute Gasteiger partial charge is 0.493 e. The Bertz CT molecular complexity index is 675. The smallest absolute Gasteiger partial charge is 0.150 e. The minimum absolute atomic E-state index is 0.278. The molecule has 1 aliphatic rings. The van der Waals surface area contributed by atoms with Crippen LogP contribution in [0.25, 0.3) is 0 Å². The summed E-state index contributed by atoms with van der Waals surface area (Å²) >= 11 is 0. The number of ether oxygens (including phenoxy) is 1. The van der Waals surface area contributed by atoms with Crippen LogP contribution >= 0.6 is 0 Å². The summed E-state index contributed by atoms with van der Waals surface area (Å²) in [6.07, 6.45) is 2.43. The highest BCUT2D eigenvalue weighted by molar-refractivity contribution is 5.55. The second-order valence-electron chi connectivity index (χ2n) is 6.29. The maximum absolute atomic E-state index is 9.33. The molecule has 140 valence electrons. The SMILES string of the molecule is CN(CCc1ccccc1)c1ccc2c(c1)CCCO2.O=CC(O)CO. The first kappa shape index (κ1) is 19.9. The average molecular weight is 357 g/mol. The zero-order chi connectivity index (χ0) is 18.8. The lowest BCUT2D eigenvalue weighted by atomic mass is 10.1. The summed E-state index contributed by atoms with van der Waals surface area (Å²) in [6, 6.07) is 17.2. The fraction of sp³-hybridized carbons (Fsp3) is 0.381. The number of aryl methyl sites for hydroxylation is 1. The lowest BCUT2D eigenvalue weighted by Gasteiger charge is -2.23. The van der Waals surface area contributed by atoms with Crippen molar-refractivity contribution in [3.8, 4) is 5.75 Å². The predicted octanol–water partition coefficient (Wildman–Crippen LogP) is 2.23. The molecule has 5 heteroatoms. The Kier molecular flexibility index (Phi) is 8.12. The minimum Gasteiger partial charge on any atom is -0.493 e. The van der Waals surface area contributed by atoms with Crippen molar-refractivity contribution in [2.45, 2.75) is 25.4 Å². The van der Waals surface area contributed by atoms with Gasteiger partial charge in [-0.3, -0.25) is 0 Å². The standard InChI is InChI=1S/C18H21NO.C3H6O3/c1-19(12-11-15-6-3-2-4-7-15)17-9-10-18-16(14-17)8-5-13-20-18;4-1-3(6)2-5/h2-4,6-7,9-10,14H,5,8,11-13H2,1H3;1,3,5-6H,2H2. The van der Waals surface area contributed by atoms with Crippen molar-refractivity contribution < 1.29 is 19.7 Å². The summed E-state index contributed by atoms with van der Waals surface area (Å²) in [6.45, 7) is 1.41. The third kappa shape index (κ3) is 6.17. The summed E-state index contributed by atoms with van der Waals surface area (Å²) < 4.78 is 5.67. The molecule has 3 rings (SSSR count). The van der Waals surface area contributed by atoms with Gasteiger partial charge in [0.1, 0.15) is 11.9 Å². The van der Waals surface area contributed by atoms with E-state index in [1.165, 1.54) is 16.8 Å². The van der Waals surface area contributed by atoms with Crippen molar-refractivity contribution in [2.24, 2.45) is 0 Å². The van der Waals surface area contributed by atoms with Crippen LogP contribution in [-0.2, 0) is 17.6 Å². The molecule has 1 unspecified atom stereocenters. The molecule has 2 aromatic carbocycles. The molecule has 2 aromatic rings. The van der Waals surface area contributed by atoms with Crippen molar-refractivity contribution in [2.75, 3.05) is 31.7 Å². The number of anilines is 1. The van der Waals surface area contributed by atoms with Gasteiger partial charge in [0.15, 0.2) is 6.29 Å². The van der Waals surface area contributed by atoms with Gasteiger partial charge in [0.25, 0.3) is 0 Å². The normalized spacial score (nSPS) is 13.5. The number of benzene rings is 2. The number of carbonyl (C=O) groups excluding carboxylic acids is 1. The molecule has 1 aliphatic heterocycles. The Balaban J connectivity index is 0.000000352. The van der Waals surface area contributed by atoms with Crippen molar-refractivity contribution >= 4 is 12.0 Å². The van der Waals surface area contributed by atoms with Gasteiger partial charge < -0.3 is 24.6 Å². The van der Waals surface area contributed by atoms with E-state index in [9.17, 15) is 4.79 Å². The van der Waals surface area contributed by atoms with Gasteiger partial charge in [-0.1, -0.05) is 30.3 Å². The number of aliphatic hydroxyl groups is 2. The lowest BCUT2D eigenvalue weighted by Crippen LogP contribution is -2.20. The monoisotopic (exact) mass is 357 g/mol. The molecular weight excluding hydrogens is 330 g/mol. The van der Waals surface area contributed by atoms with Crippen molar-refractivity contribution in [1.82, 2.24) is 0 Å². The van der Waals surface area contributed by atoms with E-state index in [0.29, 0.717) is 0 Å². The van der Waals surface area contributed by atoms with Crippen LogP contribution < -0.4 is 9.64 Å². The van der Waals surface area contributed by atoms with E-state index in [2.05, 4.69) is 60.5 Å². The Morgan fingerprint density at radius 1 is 1.23 bits per heavy atom. The predicted molar refractivity (Wildman–Crippen MR) is 103 cm³/mol. The maximum atomic E-state index is 9.33. The Morgan fingerprint density at radius 3 is 2.65 bits per heavy atom. The first-order valence-corrected chi connectivity index (χ1v) is 8.89. The Morgan fingerprint density at radius 2 is 2.00 bits per heavy atom. The van der Waals surface area contributed by atoms with Crippen molar-refractivity contribution in [3.63, 3.8) is 0 Å². The Hall–Kier alpha value is -2.37. The number of hydrogen-bond acceptors (Lipinski definition) is 5. The van der Waals surface area contributed by atoms with Crippen LogP contribution in [0.4, 0.5) is 5.69 Å². The molecular formula is C21H27NO4. The molecule has 26 heavy (non-hydrogen) atoms. The van der Waals surface area contributed by atoms with E-state index in [1.807, 2.05) is 0 Å². The third-order valence-electron chi connectivity index (χ3n) is 4.26. The van der Waals surface area contributed by atoms with Gasteiger partial charge in [-0.2, -0.15) is 0 Å². The van der Waals surface area contributed by atoms with E-state index >= 15 is 0 Å². The second-order valence-corrected chi connectivity index (χ2v) is 6.29. The van der Waals surface area contributed by atoms with E-state index in [1.54, 1.807) is 0 Å². The van der Waals surface area contributed by atoms with Gasteiger partial charge in [0.05, 0.1) is 13.2 Å². The summed E-state index contributed by atoms with van der Waals surface area (Å²) in [4.78, 5) is 11.6. The highest BCUT2D eigenvalue weighted by Crippen LogP contribution is 2.28. The van der Waals surface area contributed by atoms with Crippen molar-refractivity contribution in [3.05, 3.63) is 59.7 Å². The molecule has 0 aliphatic carbocycles. The van der Waals surface area contributed by atoms with E-state index < -0.39 is 12.7 Å². The maximum Gasteiger partial charge on any atom is 0.150 e. The molecule has 0 amide bonds. The van der Waals surface area contributed by atoms with Crippen LogP contribution in [0.1, 0.15) is 17.5 Å². The zero-order valence-corrected chi connectivity index (χ0v) is 15.2. The lowest BCUT2D eigenvalue weighted by molar-refractivity contribution is -0.116. The van der Waals surface area contributed by atoms with Gasteiger partial charge in [0, 0.05) is 19.3 Å². The van der Waals surface area contributed by atoms with E-state index in [0.717, 1.165) is 38.2 Å². The summed E-state index contributed by atoms with van der Waals surface area (Å²) in [5.41, 5.74) is 4.02. The van der Waals surface area contributed by atoms with Crippen LogP contribution in [0, 0.1) is 0 Å². The highest BCUT2D eigenvalue weighted by atomic mass is 16.5. The molecule has 1 heterocycles. The van der Waals surface area contributed by atoms with Crippen LogP contribution in [0.15, 0.2) is 48.5 Å². The second kappa shape index (κ2) is 10.6. The number of aldehydes is 1. The van der Waals surface area contributed by atoms with Crippen LogP contribution in [0.3, 0.4) is 0 Å². The number of likely N-dealkylation sites (N-methyl/N-ethyl adjacent to an activating group) is 1. The highest BCUT2D eigenvalue weighted by Gasteiger charge is 2.12. The summed E-state index contributed by atoms with van der Waals surface area (Å²) in [5, 5.41) is 15.9. The number of nitrogens with zero attached hydrogens (tertiary/aromatic N) is 1. The number of fused-ring (bicyclic) bond motifs is 1. The molecule has 2 N–H and O–H groups in total.